The molecule has 46 heteroatoms. The van der Waals surface area contributed by atoms with Crippen molar-refractivity contribution in [3.63, 3.8) is 0 Å². The molecule has 4 saturated heterocycles. The maximum absolute atomic E-state index is 14.9. The molecule has 0 aliphatic carbocycles. The molecule has 45 nitrogen and oxygen atoms in total. The molecule has 4 aliphatic rings. The minimum atomic E-state index is -1.59. The number of piperidine rings is 1. The largest absolute Gasteiger partial charge is 0.487 e. The summed E-state index contributed by atoms with van der Waals surface area (Å²) in [4.78, 5) is 164. The molecular formula is C81H125N6O39P. The summed E-state index contributed by atoms with van der Waals surface area (Å²) in [7, 11) is -1.59. The molecule has 1 aromatic carbocycles. The van der Waals surface area contributed by atoms with Gasteiger partial charge < -0.3 is 144 Å². The van der Waals surface area contributed by atoms with Gasteiger partial charge in [0.2, 0.25) is 23.5 Å². The van der Waals surface area contributed by atoms with Gasteiger partial charge >= 0.3 is 53.7 Å². The number of nitrogens with zero attached hydrogens (tertiary/aromatic N) is 3. The summed E-state index contributed by atoms with van der Waals surface area (Å²) in [6.07, 6.45) is -14.9. The molecule has 16 atom stereocenters. The van der Waals surface area contributed by atoms with E-state index in [2.05, 4.69) is 26.7 Å². The van der Waals surface area contributed by atoms with Gasteiger partial charge in [0.1, 0.15) is 76.1 Å². The third kappa shape index (κ3) is 40.3. The average Bonchev–Trinajstić information content (AvgIpc) is 0.795. The number of amides is 4. The molecule has 4 amide bonds. The van der Waals surface area contributed by atoms with E-state index in [1.165, 1.54) is 32.9 Å². The van der Waals surface area contributed by atoms with E-state index in [0.29, 0.717) is 12.8 Å². The van der Waals surface area contributed by atoms with Gasteiger partial charge in [-0.15, -0.1) is 0 Å². The van der Waals surface area contributed by atoms with Crippen molar-refractivity contribution in [3.05, 3.63) is 17.7 Å². The van der Waals surface area contributed by atoms with Gasteiger partial charge in [-0.2, -0.15) is 5.26 Å². The van der Waals surface area contributed by atoms with E-state index in [1.54, 1.807) is 4.90 Å². The third-order valence-corrected chi connectivity index (χ3v) is 20.4. The van der Waals surface area contributed by atoms with Crippen molar-refractivity contribution in [1.29, 1.82) is 5.26 Å². The van der Waals surface area contributed by atoms with Gasteiger partial charge in [-0.3, -0.25) is 62.3 Å². The second-order valence-electron chi connectivity index (χ2n) is 29.4. The van der Waals surface area contributed by atoms with E-state index in [1.807, 2.05) is 27.7 Å². The molecule has 5 rings (SSSR count). The molecular weight excluding hydrogens is 1710 g/mol. The van der Waals surface area contributed by atoms with E-state index in [0.717, 1.165) is 62.3 Å². The first-order chi connectivity index (χ1) is 60.5. The maximum atomic E-state index is 14.9. The number of carbonyl (C=O) groups excluding carboxylic acids is 13. The lowest BCUT2D eigenvalue weighted by Gasteiger charge is -2.44. The molecule has 0 spiro atoms. The van der Waals surface area contributed by atoms with Crippen molar-refractivity contribution in [2.24, 2.45) is 0 Å². The van der Waals surface area contributed by atoms with E-state index >= 15 is 0 Å². The first-order valence-electron chi connectivity index (χ1n) is 41.6. The highest BCUT2D eigenvalue weighted by Gasteiger charge is 2.55. The molecule has 1 aromatic rings. The molecule has 718 valence electrons. The predicted molar refractivity (Wildman–Crippen MR) is 433 cm³/mol. The number of benzene rings is 1. The van der Waals surface area contributed by atoms with Crippen molar-refractivity contribution in [3.8, 4) is 23.3 Å². The van der Waals surface area contributed by atoms with Crippen molar-refractivity contribution in [2.45, 2.75) is 240 Å². The Balaban J connectivity index is 1.34. The van der Waals surface area contributed by atoms with Gasteiger partial charge in [-0.25, -0.2) is 4.67 Å². The molecule has 0 aromatic heterocycles. The quantitative estimate of drug-likeness (QED) is 0.0362. The highest BCUT2D eigenvalue weighted by atomic mass is 31.2. The van der Waals surface area contributed by atoms with Gasteiger partial charge in [0, 0.05) is 114 Å². The molecule has 0 saturated carbocycles. The van der Waals surface area contributed by atoms with Crippen LogP contribution in [0.3, 0.4) is 0 Å². The summed E-state index contributed by atoms with van der Waals surface area (Å²) in [5.41, 5.74) is 0.147. The summed E-state index contributed by atoms with van der Waals surface area (Å²) < 4.78 is 154. The lowest BCUT2D eigenvalue weighted by molar-refractivity contribution is -0.279. The van der Waals surface area contributed by atoms with Crippen LogP contribution < -0.4 is 30.2 Å². The maximum Gasteiger partial charge on any atom is 0.303 e. The van der Waals surface area contributed by atoms with Crippen LogP contribution in [0.5, 0.6) is 17.2 Å². The summed E-state index contributed by atoms with van der Waals surface area (Å²) in [6, 6.07) is 1.61. The number of rotatable bonds is 57. The number of ether oxygens (including phenoxy) is 24. The Kier molecular flexibility index (Phi) is 50.1. The molecule has 127 heavy (non-hydrogen) atoms. The van der Waals surface area contributed by atoms with Gasteiger partial charge in [0.15, 0.2) is 67.0 Å². The van der Waals surface area contributed by atoms with Crippen molar-refractivity contribution < 1.29 is 185 Å². The molecule has 1 unspecified atom stereocenters. The fourth-order valence-electron chi connectivity index (χ4n) is 13.4. The molecule has 0 radical (unpaired) electrons. The number of hydrogen-bond acceptors (Lipinski definition) is 41. The van der Waals surface area contributed by atoms with Crippen LogP contribution in [0.4, 0.5) is 0 Å². The summed E-state index contributed by atoms with van der Waals surface area (Å²) >= 11 is 0. The number of nitrogens with one attached hydrogen (secondary N) is 3. The van der Waals surface area contributed by atoms with Crippen LogP contribution in [0, 0.1) is 11.3 Å². The standard InChI is InChI=1S/C81H125N6O39P/c1-47(2)87(48(3)4)127(116-23-17-20-82)126-62-18-21-86(22-19-62)78(100)61-42-63(107-36-30-101-24-27-104-33-39-110-79-68(83-49(5)88)75(120-58(14)97)72(117-55(11)94)65(123-79)44-113-52(8)91)71(109-38-32-103-26-29-106-35-41-112-81-70(85-51(7)90)77(122-60(16)99)74(119-57(13)96)67(125-81)46-115-54(10)93)64(43-61)108-37-31-102-25-28-105-34-40-111-80-69(84-50(6)89)76(121-59(15)98)73(118-56(12)95)66(124-80)45-114-53(9)92/h42-43,47-48,62,65-70,72-77,79-81H,17-19,21-41,44-46H2,1-16H3,(H,83,88)(H,84,89)(H,85,90)/t65-,66-,67-,68-,69-,70-,72+,73+,74+,75-,76-,77-,79-,80-,81-,127?/m1/s1. The summed E-state index contributed by atoms with van der Waals surface area (Å²) in [5, 5.41) is 17.2. The third-order valence-electron chi connectivity index (χ3n) is 18.2. The van der Waals surface area contributed by atoms with Gasteiger partial charge in [-0.1, -0.05) is 0 Å². The van der Waals surface area contributed by atoms with E-state index in [4.69, 9.17) is 123 Å². The zero-order valence-corrected chi connectivity index (χ0v) is 75.7. The number of likely N-dealkylation sites (tertiary alicyclic amines) is 1. The topological polar surface area (TPSA) is 528 Å². The second-order valence-corrected chi connectivity index (χ2v) is 30.8. The predicted octanol–water partition coefficient (Wildman–Crippen LogP) is 1.84. The zero-order chi connectivity index (χ0) is 93.7. The van der Waals surface area contributed by atoms with Gasteiger partial charge in [0.05, 0.1) is 124 Å². The minimum Gasteiger partial charge on any atom is -0.487 e. The lowest BCUT2D eigenvalue weighted by Crippen LogP contribution is -2.66. The van der Waals surface area contributed by atoms with Crippen LogP contribution in [-0.2, 0) is 166 Å². The highest BCUT2D eigenvalue weighted by molar-refractivity contribution is 7.44. The van der Waals surface area contributed by atoms with Crippen LogP contribution in [-0.4, -0.2) is 355 Å². The van der Waals surface area contributed by atoms with Crippen LogP contribution in [0.25, 0.3) is 0 Å². The normalized spacial score (nSPS) is 23.2. The average molecular weight is 1840 g/mol. The van der Waals surface area contributed by atoms with Crippen molar-refractivity contribution >= 4 is 85.9 Å². The Morgan fingerprint density at radius 1 is 0.409 bits per heavy atom. The number of hydrogen-bond donors (Lipinski definition) is 3. The van der Waals surface area contributed by atoms with E-state index in [9.17, 15) is 67.6 Å². The second kappa shape index (κ2) is 58.6. The smallest absolute Gasteiger partial charge is 0.303 e. The first-order valence-corrected chi connectivity index (χ1v) is 42.7. The van der Waals surface area contributed by atoms with Gasteiger partial charge in [-0.05, 0) is 52.7 Å². The van der Waals surface area contributed by atoms with Crippen LogP contribution in [0.2, 0.25) is 0 Å². The van der Waals surface area contributed by atoms with Crippen LogP contribution >= 0.6 is 8.53 Å². The molecule has 4 aliphatic heterocycles. The van der Waals surface area contributed by atoms with Gasteiger partial charge in [0.25, 0.3) is 14.4 Å². The fourth-order valence-corrected chi connectivity index (χ4v) is 15.2. The minimum absolute atomic E-state index is 0.0167. The van der Waals surface area contributed by atoms with E-state index in [-0.39, 0.29) is 192 Å². The SMILES string of the molecule is CC(=O)N[C@H]1[C@H](OCCOCCOCCOc2cc(C(=O)N3CCC(OP(OCCC#N)N(C(C)C)C(C)C)CC3)cc(OCCOCCOCCO[C@@H]3O[C@H](COC(C)=O)[C@H](OC(C)=O)[C@H](OC(C)=O)[C@H]3NC(C)=O)c2OCCOCCOCCO[C@@H]2O[C@H](COC(C)=O)[C@H](OC(C)=O)[C@H](OC(C)=O)[C@H]2NC(C)=O)O[C@H](COC(C)=O)[C@H](OC(C)=O)[C@@H]1OC(C)=O. The molecule has 3 N–H and O–H groups in total. The Hall–Kier alpha value is -8.95. The van der Waals surface area contributed by atoms with Crippen LogP contribution in [0.1, 0.15) is 140 Å². The Labute approximate surface area is 738 Å². The lowest BCUT2D eigenvalue weighted by atomic mass is 9.96. The van der Waals surface area contributed by atoms with Crippen molar-refractivity contribution in [2.75, 3.05) is 158 Å². The Morgan fingerprint density at radius 2 is 0.701 bits per heavy atom. The zero-order valence-electron chi connectivity index (χ0n) is 74.8. The highest BCUT2D eigenvalue weighted by Crippen LogP contribution is 2.49. The molecule has 4 fully saturated rings. The fraction of sp³-hybridized carbons (Fsp3) is 0.753. The number of esters is 9. The summed E-state index contributed by atoms with van der Waals surface area (Å²) in [5.74, 6) is -8.65. The number of carbonyl (C=O) groups is 13. The van der Waals surface area contributed by atoms with Crippen molar-refractivity contribution in [1.82, 2.24) is 25.5 Å². The Bertz CT molecular complexity index is 3540. The number of nitriles is 1. The Morgan fingerprint density at radius 3 is 0.984 bits per heavy atom. The monoisotopic (exact) mass is 1840 g/mol. The van der Waals surface area contributed by atoms with E-state index < -0.39 is 192 Å². The summed E-state index contributed by atoms with van der Waals surface area (Å²) in [6.45, 7) is 20.3. The molecule has 4 heterocycles. The first kappa shape index (κ1) is 109. The van der Waals surface area contributed by atoms with Crippen LogP contribution in [0.15, 0.2) is 12.1 Å². The molecule has 0 bridgehead atoms.